The van der Waals surface area contributed by atoms with E-state index in [1.165, 1.54) is 0 Å². The molecule has 0 aromatic carbocycles. The normalized spacial score (nSPS) is 27.7. The van der Waals surface area contributed by atoms with Crippen LogP contribution in [0.25, 0.3) is 0 Å². The number of hydrogen-bond acceptors (Lipinski definition) is 7. The molecule has 1 fully saturated rings. The lowest BCUT2D eigenvalue weighted by Crippen LogP contribution is -2.55. The molecule has 1 amide bonds. The number of carbonyl (C=O) groups is 1. The number of methoxy groups -OCH3 is 1. The zero-order valence-corrected chi connectivity index (χ0v) is 17.3. The number of rotatable bonds is 15. The van der Waals surface area contributed by atoms with Crippen molar-refractivity contribution >= 4 is 5.91 Å². The quantitative estimate of drug-likeness (QED) is 0.300. The highest BCUT2D eigenvalue weighted by atomic mass is 16.7. The summed E-state index contributed by atoms with van der Waals surface area (Å²) in [6, 6.07) is 0. The van der Waals surface area contributed by atoms with E-state index in [1.807, 2.05) is 0 Å². The fourth-order valence-corrected chi connectivity index (χ4v) is 3.22. The third-order valence-corrected chi connectivity index (χ3v) is 5.12. The third-order valence-electron chi connectivity index (χ3n) is 5.12. The molecule has 0 aliphatic carbocycles. The summed E-state index contributed by atoms with van der Waals surface area (Å²) in [5.74, 6) is -0.289. The number of carbonyl (C=O) groups excluding carboxylic acids is 1. The summed E-state index contributed by atoms with van der Waals surface area (Å²) < 4.78 is 16.2. The molecule has 8 nitrogen and oxygen atoms in total. The summed E-state index contributed by atoms with van der Waals surface area (Å²) in [6.07, 6.45) is 3.67. The van der Waals surface area contributed by atoms with Crippen LogP contribution < -0.4 is 5.32 Å². The second kappa shape index (κ2) is 15.1. The number of amides is 1. The van der Waals surface area contributed by atoms with Crippen molar-refractivity contribution in [3.8, 4) is 0 Å². The first-order chi connectivity index (χ1) is 13.5. The highest BCUT2D eigenvalue weighted by Crippen LogP contribution is 2.26. The van der Waals surface area contributed by atoms with Gasteiger partial charge >= 0.3 is 0 Å². The van der Waals surface area contributed by atoms with Gasteiger partial charge in [-0.1, -0.05) is 26.2 Å². The summed E-state index contributed by atoms with van der Waals surface area (Å²) >= 11 is 0. The van der Waals surface area contributed by atoms with Gasteiger partial charge in [-0.25, -0.2) is 0 Å². The van der Waals surface area contributed by atoms with Crippen molar-refractivity contribution in [3.63, 3.8) is 0 Å². The van der Waals surface area contributed by atoms with Crippen LogP contribution in [-0.2, 0) is 19.0 Å². The molecule has 0 aromatic rings. The van der Waals surface area contributed by atoms with Crippen LogP contribution in [0.5, 0.6) is 0 Å². The Hall–Kier alpha value is -0.770. The Balaban J connectivity index is 2.01. The van der Waals surface area contributed by atoms with E-state index in [0.29, 0.717) is 13.0 Å². The molecule has 1 heterocycles. The average molecular weight is 406 g/mol. The molecule has 0 spiro atoms. The van der Waals surface area contributed by atoms with E-state index in [2.05, 4.69) is 5.32 Å². The van der Waals surface area contributed by atoms with Crippen molar-refractivity contribution in [2.75, 3.05) is 33.5 Å². The van der Waals surface area contributed by atoms with Crippen LogP contribution in [0.4, 0.5) is 0 Å². The van der Waals surface area contributed by atoms with Crippen molar-refractivity contribution in [2.45, 2.75) is 82.9 Å². The second-order valence-corrected chi connectivity index (χ2v) is 7.50. The van der Waals surface area contributed by atoms with Crippen molar-refractivity contribution in [1.29, 1.82) is 0 Å². The molecule has 5 atom stereocenters. The van der Waals surface area contributed by atoms with Gasteiger partial charge < -0.3 is 34.8 Å². The van der Waals surface area contributed by atoms with Gasteiger partial charge in [0.25, 0.3) is 0 Å². The van der Waals surface area contributed by atoms with Gasteiger partial charge in [0.1, 0.15) is 12.2 Å². The molecular formula is C20H39NO7. The SMILES string of the molecule is COCCCCCCNC(=O)CCCCCOC1OC(CO)C(O)C(O)C1C. The largest absolute Gasteiger partial charge is 0.394 e. The number of aliphatic hydroxyl groups is 3. The van der Waals surface area contributed by atoms with Crippen molar-refractivity contribution in [1.82, 2.24) is 5.32 Å². The molecule has 1 rings (SSSR count). The first-order valence-corrected chi connectivity index (χ1v) is 10.5. The smallest absolute Gasteiger partial charge is 0.219 e. The highest BCUT2D eigenvalue weighted by molar-refractivity contribution is 5.75. The topological polar surface area (TPSA) is 117 Å². The Morgan fingerprint density at radius 3 is 2.39 bits per heavy atom. The summed E-state index contributed by atoms with van der Waals surface area (Å²) in [5.41, 5.74) is 0. The van der Waals surface area contributed by atoms with Gasteiger partial charge in [-0.15, -0.1) is 0 Å². The van der Waals surface area contributed by atoms with Gasteiger partial charge in [-0.2, -0.15) is 0 Å². The Labute approximate surface area is 168 Å². The molecule has 28 heavy (non-hydrogen) atoms. The fourth-order valence-electron chi connectivity index (χ4n) is 3.22. The van der Waals surface area contributed by atoms with Crippen LogP contribution in [0.3, 0.4) is 0 Å². The maximum absolute atomic E-state index is 11.8. The molecule has 5 unspecified atom stereocenters. The minimum atomic E-state index is -1.11. The summed E-state index contributed by atoms with van der Waals surface area (Å²) in [5, 5.41) is 32.0. The van der Waals surface area contributed by atoms with E-state index >= 15 is 0 Å². The monoisotopic (exact) mass is 405 g/mol. The van der Waals surface area contributed by atoms with Gasteiger partial charge in [0, 0.05) is 39.2 Å². The predicted octanol–water partition coefficient (Wildman–Crippen LogP) is 0.962. The fraction of sp³-hybridized carbons (Fsp3) is 0.950. The second-order valence-electron chi connectivity index (χ2n) is 7.50. The molecule has 0 bridgehead atoms. The lowest BCUT2D eigenvalue weighted by atomic mass is 9.92. The van der Waals surface area contributed by atoms with Crippen LogP contribution in [0.2, 0.25) is 0 Å². The maximum atomic E-state index is 11.8. The number of unbranched alkanes of at least 4 members (excludes halogenated alkanes) is 5. The van der Waals surface area contributed by atoms with Gasteiger partial charge in [0.05, 0.1) is 12.7 Å². The van der Waals surface area contributed by atoms with Crippen LogP contribution in [0.15, 0.2) is 0 Å². The summed E-state index contributed by atoms with van der Waals surface area (Å²) in [6.45, 7) is 3.35. The molecule has 4 N–H and O–H groups in total. The first-order valence-electron chi connectivity index (χ1n) is 10.5. The van der Waals surface area contributed by atoms with Gasteiger partial charge in [0.15, 0.2) is 6.29 Å². The highest BCUT2D eigenvalue weighted by Gasteiger charge is 2.42. The van der Waals surface area contributed by atoms with Crippen LogP contribution >= 0.6 is 0 Å². The van der Waals surface area contributed by atoms with Crippen LogP contribution in [0, 0.1) is 5.92 Å². The Morgan fingerprint density at radius 2 is 1.68 bits per heavy atom. The molecule has 0 saturated carbocycles. The minimum Gasteiger partial charge on any atom is -0.394 e. The van der Waals surface area contributed by atoms with Gasteiger partial charge in [-0.05, 0) is 25.7 Å². The zero-order chi connectivity index (χ0) is 20.8. The predicted molar refractivity (Wildman–Crippen MR) is 105 cm³/mol. The number of ether oxygens (including phenoxy) is 3. The lowest BCUT2D eigenvalue weighted by molar-refractivity contribution is -0.282. The molecular weight excluding hydrogens is 366 g/mol. The van der Waals surface area contributed by atoms with Crippen molar-refractivity contribution in [2.24, 2.45) is 5.92 Å². The standard InChI is InChI=1S/C20H39NO7/c1-15-18(24)19(25)16(14-22)28-20(15)27-13-9-5-6-10-17(23)21-11-7-3-4-8-12-26-2/h15-16,18-20,22,24-25H,3-14H2,1-2H3,(H,21,23). The third kappa shape index (κ3) is 9.62. The van der Waals surface area contributed by atoms with E-state index in [0.717, 1.165) is 58.1 Å². The average Bonchev–Trinajstić information content (AvgIpc) is 2.69. The number of hydrogen-bond donors (Lipinski definition) is 4. The van der Waals surface area contributed by atoms with Gasteiger partial charge in [0.2, 0.25) is 5.91 Å². The van der Waals surface area contributed by atoms with Crippen LogP contribution in [-0.4, -0.2) is 79.3 Å². The van der Waals surface area contributed by atoms with Gasteiger partial charge in [-0.3, -0.25) is 4.79 Å². The molecule has 0 aromatic heterocycles. The maximum Gasteiger partial charge on any atom is 0.219 e. The van der Waals surface area contributed by atoms with E-state index in [9.17, 15) is 20.1 Å². The molecule has 0 radical (unpaired) electrons. The van der Waals surface area contributed by atoms with E-state index < -0.39 is 24.6 Å². The Bertz CT molecular complexity index is 408. The number of aliphatic hydroxyl groups excluding tert-OH is 3. The van der Waals surface area contributed by atoms with E-state index in [4.69, 9.17) is 14.2 Å². The minimum absolute atomic E-state index is 0.0879. The molecule has 166 valence electrons. The molecule has 1 saturated heterocycles. The van der Waals surface area contributed by atoms with E-state index in [1.54, 1.807) is 14.0 Å². The van der Waals surface area contributed by atoms with Crippen molar-refractivity contribution in [3.05, 3.63) is 0 Å². The Morgan fingerprint density at radius 1 is 1.00 bits per heavy atom. The molecule has 1 aliphatic heterocycles. The first kappa shape index (κ1) is 25.3. The zero-order valence-electron chi connectivity index (χ0n) is 17.3. The van der Waals surface area contributed by atoms with E-state index in [-0.39, 0.29) is 18.4 Å². The molecule has 1 aliphatic rings. The summed E-state index contributed by atoms with van der Waals surface area (Å²) in [7, 11) is 1.71. The summed E-state index contributed by atoms with van der Waals surface area (Å²) in [4.78, 5) is 11.8. The lowest BCUT2D eigenvalue weighted by Gasteiger charge is -2.40. The molecule has 8 heteroatoms. The van der Waals surface area contributed by atoms with Crippen LogP contribution in [0.1, 0.15) is 58.3 Å². The Kier molecular flexibility index (Phi) is 13.6. The number of nitrogens with one attached hydrogen (secondary N) is 1. The van der Waals surface area contributed by atoms with Crippen molar-refractivity contribution < 1.29 is 34.3 Å².